The molecule has 2 heterocycles. The van der Waals surface area contributed by atoms with Crippen molar-refractivity contribution in [1.82, 2.24) is 20.5 Å². The van der Waals surface area contributed by atoms with E-state index < -0.39 is 18.4 Å². The fourth-order valence-electron chi connectivity index (χ4n) is 3.74. The first-order valence-corrected chi connectivity index (χ1v) is 10.9. The molecule has 2 aromatic rings. The van der Waals surface area contributed by atoms with Crippen molar-refractivity contribution in [3.8, 4) is 5.75 Å². The number of benzene rings is 1. The second kappa shape index (κ2) is 10.1. The van der Waals surface area contributed by atoms with Gasteiger partial charge in [0, 0.05) is 50.8 Å². The molecule has 182 valence electrons. The zero-order valence-corrected chi connectivity index (χ0v) is 19.6. The minimum atomic E-state index is -2.94. The van der Waals surface area contributed by atoms with Gasteiger partial charge in [-0.15, -0.1) is 0 Å². The van der Waals surface area contributed by atoms with E-state index in [2.05, 4.69) is 15.6 Å². The summed E-state index contributed by atoms with van der Waals surface area (Å²) in [6, 6.07) is 6.42. The zero-order valence-electron chi connectivity index (χ0n) is 19.6. The quantitative estimate of drug-likeness (QED) is 0.544. The first-order chi connectivity index (χ1) is 16.0. The molecule has 3 rings (SSSR count). The number of carbonyl (C=O) groups is 3. The number of nitrogens with zero attached hydrogens (tertiary/aromatic N) is 2. The van der Waals surface area contributed by atoms with Gasteiger partial charge < -0.3 is 20.3 Å². The fraction of sp³-hybridized carbons (Fsp3) is 0.417. The number of alkyl halides is 2. The summed E-state index contributed by atoms with van der Waals surface area (Å²) in [5.41, 5.74) is 2.61. The Morgan fingerprint density at radius 2 is 1.94 bits per heavy atom. The van der Waals surface area contributed by atoms with Gasteiger partial charge >= 0.3 is 0 Å². The lowest BCUT2D eigenvalue weighted by atomic mass is 10.0. The zero-order chi connectivity index (χ0) is 25.0. The van der Waals surface area contributed by atoms with E-state index >= 15 is 0 Å². The summed E-state index contributed by atoms with van der Waals surface area (Å²) in [6.07, 6.45) is 1.42. The van der Waals surface area contributed by atoms with E-state index in [0.29, 0.717) is 22.4 Å². The van der Waals surface area contributed by atoms with Crippen molar-refractivity contribution < 1.29 is 27.9 Å². The van der Waals surface area contributed by atoms with Gasteiger partial charge in [-0.1, -0.05) is 12.1 Å². The van der Waals surface area contributed by atoms with Crippen molar-refractivity contribution in [1.29, 1.82) is 0 Å². The smallest absolute Gasteiger partial charge is 0.278 e. The predicted octanol–water partition coefficient (Wildman–Crippen LogP) is 3.01. The van der Waals surface area contributed by atoms with Crippen molar-refractivity contribution in [2.75, 3.05) is 19.7 Å². The van der Waals surface area contributed by atoms with Crippen molar-refractivity contribution in [2.45, 2.75) is 46.2 Å². The SMILES string of the molecule is CC(=O)NCCNC(=O)c1nccc2c1CN(C(C)c1ccc(OCC(C)(F)F)c(C)c1)C2=O. The second-order valence-corrected chi connectivity index (χ2v) is 8.42. The molecule has 10 heteroatoms. The van der Waals surface area contributed by atoms with E-state index in [1.807, 2.05) is 6.92 Å². The third kappa shape index (κ3) is 5.86. The summed E-state index contributed by atoms with van der Waals surface area (Å²) in [7, 11) is 0. The van der Waals surface area contributed by atoms with Gasteiger partial charge in [0.1, 0.15) is 11.4 Å². The van der Waals surface area contributed by atoms with Gasteiger partial charge in [-0.05, 0) is 37.1 Å². The predicted molar refractivity (Wildman–Crippen MR) is 121 cm³/mol. The number of hydrogen-bond donors (Lipinski definition) is 2. The molecule has 3 amide bonds. The molecule has 0 spiro atoms. The van der Waals surface area contributed by atoms with Crippen molar-refractivity contribution in [2.24, 2.45) is 0 Å². The normalized spacial score (nSPS) is 13.9. The van der Waals surface area contributed by atoms with Crippen LogP contribution in [0.3, 0.4) is 0 Å². The van der Waals surface area contributed by atoms with Gasteiger partial charge in [0.05, 0.1) is 6.04 Å². The number of carbonyl (C=O) groups excluding carboxylic acids is 3. The Labute approximate surface area is 196 Å². The van der Waals surface area contributed by atoms with Crippen molar-refractivity contribution in [3.05, 3.63) is 58.4 Å². The minimum absolute atomic E-state index is 0.170. The molecule has 0 aliphatic carbocycles. The molecule has 0 saturated carbocycles. The summed E-state index contributed by atoms with van der Waals surface area (Å²) < 4.78 is 31.4. The Kier molecular flexibility index (Phi) is 7.48. The summed E-state index contributed by atoms with van der Waals surface area (Å²) in [6.45, 7) is 5.81. The van der Waals surface area contributed by atoms with Crippen LogP contribution in [-0.2, 0) is 11.3 Å². The number of amides is 3. The van der Waals surface area contributed by atoms with Crippen LogP contribution < -0.4 is 15.4 Å². The Morgan fingerprint density at radius 3 is 2.59 bits per heavy atom. The van der Waals surface area contributed by atoms with Crippen LogP contribution in [0.15, 0.2) is 30.5 Å². The molecule has 1 aliphatic rings. The number of halogens is 2. The number of nitrogens with one attached hydrogen (secondary N) is 2. The Morgan fingerprint density at radius 1 is 1.24 bits per heavy atom. The van der Waals surface area contributed by atoms with Crippen LogP contribution >= 0.6 is 0 Å². The third-order valence-electron chi connectivity index (χ3n) is 5.51. The number of rotatable bonds is 9. The lowest BCUT2D eigenvalue weighted by molar-refractivity contribution is -0.118. The number of pyridine rings is 1. The topological polar surface area (TPSA) is 101 Å². The van der Waals surface area contributed by atoms with Gasteiger partial charge in [0.15, 0.2) is 6.61 Å². The monoisotopic (exact) mass is 474 g/mol. The highest BCUT2D eigenvalue weighted by molar-refractivity contribution is 6.03. The maximum absolute atomic E-state index is 13.1. The van der Waals surface area contributed by atoms with Crippen LogP contribution in [0.5, 0.6) is 5.75 Å². The van der Waals surface area contributed by atoms with Crippen LogP contribution in [0.2, 0.25) is 0 Å². The Bertz CT molecular complexity index is 1100. The van der Waals surface area contributed by atoms with E-state index in [1.54, 1.807) is 36.1 Å². The molecule has 0 bridgehead atoms. The first kappa shape index (κ1) is 25.1. The number of ether oxygens (including phenoxy) is 1. The Hall–Kier alpha value is -3.56. The van der Waals surface area contributed by atoms with E-state index in [0.717, 1.165) is 12.5 Å². The van der Waals surface area contributed by atoms with Crippen LogP contribution in [0.4, 0.5) is 8.78 Å². The number of hydrogen-bond acceptors (Lipinski definition) is 5. The van der Waals surface area contributed by atoms with Crippen molar-refractivity contribution in [3.63, 3.8) is 0 Å². The summed E-state index contributed by atoms with van der Waals surface area (Å²) in [5.74, 6) is -3.42. The summed E-state index contributed by atoms with van der Waals surface area (Å²) >= 11 is 0. The molecule has 1 aromatic heterocycles. The molecule has 1 aromatic carbocycles. The van der Waals surface area contributed by atoms with Gasteiger partial charge in [-0.3, -0.25) is 19.4 Å². The largest absolute Gasteiger partial charge is 0.487 e. The summed E-state index contributed by atoms with van der Waals surface area (Å²) in [5, 5.41) is 5.29. The average Bonchev–Trinajstić information content (AvgIpc) is 3.11. The molecule has 8 nitrogen and oxygen atoms in total. The molecule has 1 atom stereocenters. The van der Waals surface area contributed by atoms with Crippen LogP contribution in [0, 0.1) is 6.92 Å². The molecule has 0 saturated heterocycles. The highest BCUT2D eigenvalue weighted by atomic mass is 19.3. The molecule has 0 fully saturated rings. The van der Waals surface area contributed by atoms with Crippen LogP contribution in [-0.4, -0.2) is 53.2 Å². The lowest BCUT2D eigenvalue weighted by Crippen LogP contribution is -2.34. The van der Waals surface area contributed by atoms with E-state index in [1.165, 1.54) is 13.1 Å². The molecular formula is C24H28F2N4O4. The number of aryl methyl sites for hydroxylation is 1. The lowest BCUT2D eigenvalue weighted by Gasteiger charge is -2.25. The maximum atomic E-state index is 13.1. The minimum Gasteiger partial charge on any atom is -0.487 e. The number of aromatic nitrogens is 1. The van der Waals surface area contributed by atoms with Gasteiger partial charge in [0.2, 0.25) is 5.91 Å². The van der Waals surface area contributed by atoms with Gasteiger partial charge in [-0.2, -0.15) is 0 Å². The van der Waals surface area contributed by atoms with Crippen LogP contribution in [0.25, 0.3) is 0 Å². The standard InChI is InChI=1S/C24H28F2N4O4/c1-14-11-17(5-6-20(14)34-13-24(4,25)26)15(2)30-12-19-18(23(30)33)7-8-28-21(19)22(32)29-10-9-27-16(3)31/h5-8,11,15H,9-10,12-13H2,1-4H3,(H,27,31)(H,29,32). The molecule has 1 aliphatic heterocycles. The molecule has 1 unspecified atom stereocenters. The number of fused-ring (bicyclic) bond motifs is 1. The molecular weight excluding hydrogens is 446 g/mol. The Balaban J connectivity index is 1.73. The first-order valence-electron chi connectivity index (χ1n) is 10.9. The third-order valence-corrected chi connectivity index (χ3v) is 5.51. The fourth-order valence-corrected chi connectivity index (χ4v) is 3.74. The average molecular weight is 475 g/mol. The van der Waals surface area contributed by atoms with E-state index in [4.69, 9.17) is 4.74 Å². The van der Waals surface area contributed by atoms with Crippen molar-refractivity contribution >= 4 is 17.7 Å². The maximum Gasteiger partial charge on any atom is 0.278 e. The molecule has 34 heavy (non-hydrogen) atoms. The second-order valence-electron chi connectivity index (χ2n) is 8.42. The highest BCUT2D eigenvalue weighted by Crippen LogP contribution is 2.34. The highest BCUT2D eigenvalue weighted by Gasteiger charge is 2.35. The van der Waals surface area contributed by atoms with E-state index in [-0.39, 0.29) is 43.2 Å². The van der Waals surface area contributed by atoms with E-state index in [9.17, 15) is 23.2 Å². The van der Waals surface area contributed by atoms with Gasteiger partial charge in [-0.25, -0.2) is 8.78 Å². The molecule has 2 N–H and O–H groups in total. The summed E-state index contributed by atoms with van der Waals surface area (Å²) in [4.78, 5) is 42.5. The van der Waals surface area contributed by atoms with Gasteiger partial charge in [0.25, 0.3) is 17.7 Å². The molecule has 0 radical (unpaired) electrons. The van der Waals surface area contributed by atoms with Crippen LogP contribution in [0.1, 0.15) is 64.3 Å².